The number of Topliss-reactive ketones (excluding diaryl/α,β-unsaturated/α-hetero) is 1. The maximum absolute atomic E-state index is 14.7. The van der Waals surface area contributed by atoms with Crippen LogP contribution in [0.15, 0.2) is 127 Å². The van der Waals surface area contributed by atoms with Crippen molar-refractivity contribution in [2.45, 2.75) is 45.1 Å². The van der Waals surface area contributed by atoms with Gasteiger partial charge in [-0.3, -0.25) is 4.79 Å². The molecule has 4 aromatic carbocycles. The molecule has 6 rings (SSSR count). The quantitative estimate of drug-likeness (QED) is 0.129. The zero-order chi connectivity index (χ0) is 30.1. The number of ether oxygens (including phenoxy) is 2. The van der Waals surface area contributed by atoms with Crippen LogP contribution in [0.1, 0.15) is 52.9 Å². The predicted molar refractivity (Wildman–Crippen MR) is 162 cm³/mol. The molecule has 216 valence electrons. The standard InChI is InChI=1S/C36H32N2O5/c1-24-18-20-26(21-19-24)30(31-34(40)42-36(2,3)43-35(31)41)32(33(39)27-14-8-5-9-15-27)38-23-37(22-25-12-6-4-7-13-25)28-16-10-11-17-29(28)38/h4-21,23,30,32H,22H2,1-3H3/p+1. The summed E-state index contributed by atoms with van der Waals surface area (Å²) in [5.74, 6) is -3.82. The normalized spacial score (nSPS) is 15.9. The molecule has 1 N–H and O–H groups in total. The van der Waals surface area contributed by atoms with E-state index in [0.717, 1.165) is 22.2 Å². The SMILES string of the molecule is Cc1ccc(C(C2=C(O)OC(C)(C)OC2=O)C(C(=O)c2ccccc2)n2c[n+](Cc3ccccc3)c3ccccc32)cc1. The minimum atomic E-state index is -1.36. The number of aliphatic hydroxyl groups excluding tert-OH is 1. The molecule has 0 amide bonds. The average molecular weight is 574 g/mol. The van der Waals surface area contributed by atoms with Crippen molar-refractivity contribution in [2.75, 3.05) is 0 Å². The third-order valence-corrected chi connectivity index (χ3v) is 7.75. The molecule has 1 aliphatic heterocycles. The molecule has 0 bridgehead atoms. The molecule has 7 heteroatoms. The Balaban J connectivity index is 1.62. The second-order valence-corrected chi connectivity index (χ2v) is 11.3. The minimum Gasteiger partial charge on any atom is -0.480 e. The Labute approximate surface area is 250 Å². The van der Waals surface area contributed by atoms with Crippen molar-refractivity contribution >= 4 is 22.8 Å². The van der Waals surface area contributed by atoms with Gasteiger partial charge in [-0.2, -0.15) is 0 Å². The summed E-state index contributed by atoms with van der Waals surface area (Å²) in [4.78, 5) is 28.4. The lowest BCUT2D eigenvalue weighted by atomic mass is 9.80. The summed E-state index contributed by atoms with van der Waals surface area (Å²) in [6.07, 6.45) is 1.92. The van der Waals surface area contributed by atoms with E-state index in [1.54, 1.807) is 26.0 Å². The van der Waals surface area contributed by atoms with E-state index in [1.807, 2.05) is 103 Å². The number of rotatable bonds is 8. The van der Waals surface area contributed by atoms with Crippen molar-refractivity contribution in [3.8, 4) is 0 Å². The number of aryl methyl sites for hydroxylation is 1. The zero-order valence-electron chi connectivity index (χ0n) is 24.3. The first-order chi connectivity index (χ1) is 20.7. The first-order valence-electron chi connectivity index (χ1n) is 14.3. The Kier molecular flexibility index (Phi) is 7.32. The molecule has 2 heterocycles. The molecule has 0 saturated heterocycles. The van der Waals surface area contributed by atoms with Crippen molar-refractivity contribution in [1.29, 1.82) is 0 Å². The number of hydrogen-bond donors (Lipinski definition) is 1. The fourth-order valence-electron chi connectivity index (χ4n) is 5.75. The van der Waals surface area contributed by atoms with Gasteiger partial charge in [0.25, 0.3) is 11.7 Å². The number of aliphatic hydroxyl groups is 1. The number of nitrogens with zero attached hydrogens (tertiary/aromatic N) is 2. The molecule has 0 fully saturated rings. The highest BCUT2D eigenvalue weighted by Crippen LogP contribution is 2.43. The number of carbonyl (C=O) groups is 2. The molecule has 2 atom stereocenters. The maximum Gasteiger partial charge on any atom is 0.345 e. The number of cyclic esters (lactones) is 1. The van der Waals surface area contributed by atoms with Crippen LogP contribution >= 0.6 is 0 Å². The highest BCUT2D eigenvalue weighted by Gasteiger charge is 2.48. The molecule has 0 aliphatic carbocycles. The maximum atomic E-state index is 14.7. The summed E-state index contributed by atoms with van der Waals surface area (Å²) < 4.78 is 15.3. The van der Waals surface area contributed by atoms with E-state index in [1.165, 1.54) is 0 Å². The molecule has 0 saturated carbocycles. The van der Waals surface area contributed by atoms with Crippen LogP contribution in [0.2, 0.25) is 0 Å². The van der Waals surface area contributed by atoms with Crippen LogP contribution in [0, 0.1) is 6.92 Å². The number of imidazole rings is 1. The zero-order valence-corrected chi connectivity index (χ0v) is 24.3. The molecule has 7 nitrogen and oxygen atoms in total. The van der Waals surface area contributed by atoms with Gasteiger partial charge in [0.15, 0.2) is 17.1 Å². The van der Waals surface area contributed by atoms with E-state index in [4.69, 9.17) is 9.47 Å². The Morgan fingerprint density at radius 3 is 2.16 bits per heavy atom. The van der Waals surface area contributed by atoms with E-state index >= 15 is 0 Å². The number of ketones is 1. The van der Waals surface area contributed by atoms with Gasteiger partial charge >= 0.3 is 5.97 Å². The molecule has 5 aromatic rings. The largest absolute Gasteiger partial charge is 0.480 e. The van der Waals surface area contributed by atoms with Gasteiger partial charge in [0, 0.05) is 19.4 Å². The smallest absolute Gasteiger partial charge is 0.345 e. The Morgan fingerprint density at radius 2 is 1.49 bits per heavy atom. The summed E-state index contributed by atoms with van der Waals surface area (Å²) in [5.41, 5.74) is 4.86. The molecule has 1 aromatic heterocycles. The van der Waals surface area contributed by atoms with Gasteiger partial charge < -0.3 is 14.6 Å². The van der Waals surface area contributed by atoms with Crippen molar-refractivity contribution < 1.29 is 28.7 Å². The summed E-state index contributed by atoms with van der Waals surface area (Å²) >= 11 is 0. The molecule has 43 heavy (non-hydrogen) atoms. The third kappa shape index (κ3) is 5.54. The van der Waals surface area contributed by atoms with Crippen LogP contribution in [0.4, 0.5) is 0 Å². The van der Waals surface area contributed by atoms with Gasteiger partial charge in [0.1, 0.15) is 12.1 Å². The van der Waals surface area contributed by atoms with Gasteiger partial charge in [0.05, 0.1) is 5.92 Å². The van der Waals surface area contributed by atoms with E-state index < -0.39 is 29.7 Å². The first-order valence-corrected chi connectivity index (χ1v) is 14.3. The van der Waals surface area contributed by atoms with Gasteiger partial charge in [-0.1, -0.05) is 103 Å². The number of benzene rings is 4. The highest BCUT2D eigenvalue weighted by atomic mass is 16.8. The number of fused-ring (bicyclic) bond motifs is 1. The lowest BCUT2D eigenvalue weighted by Crippen LogP contribution is -2.41. The second kappa shape index (κ2) is 11.2. The third-order valence-electron chi connectivity index (χ3n) is 7.75. The van der Waals surface area contributed by atoms with Gasteiger partial charge in [-0.15, -0.1) is 0 Å². The van der Waals surface area contributed by atoms with Crippen LogP contribution in [-0.4, -0.2) is 27.2 Å². The van der Waals surface area contributed by atoms with Crippen LogP contribution in [0.25, 0.3) is 11.0 Å². The highest BCUT2D eigenvalue weighted by molar-refractivity contribution is 6.02. The number of esters is 1. The molecule has 1 aliphatic rings. The van der Waals surface area contributed by atoms with Gasteiger partial charge in [0.2, 0.25) is 12.1 Å². The lowest BCUT2D eigenvalue weighted by molar-refractivity contribution is -0.663. The number of hydrogen-bond acceptors (Lipinski definition) is 5. The topological polar surface area (TPSA) is 81.6 Å². The lowest BCUT2D eigenvalue weighted by Gasteiger charge is -2.34. The summed E-state index contributed by atoms with van der Waals surface area (Å²) in [6, 6.07) is 33.6. The van der Waals surface area contributed by atoms with Crippen LogP contribution in [-0.2, 0) is 20.8 Å². The van der Waals surface area contributed by atoms with Gasteiger partial charge in [-0.05, 0) is 30.2 Å². The van der Waals surface area contributed by atoms with E-state index in [-0.39, 0.29) is 11.4 Å². The number of aromatic nitrogens is 2. The second-order valence-electron chi connectivity index (χ2n) is 11.3. The monoisotopic (exact) mass is 573 g/mol. The summed E-state index contributed by atoms with van der Waals surface area (Å²) in [5, 5.41) is 11.3. The Hall–Kier alpha value is -5.17. The molecular weight excluding hydrogens is 540 g/mol. The van der Waals surface area contributed by atoms with Crippen LogP contribution < -0.4 is 4.57 Å². The van der Waals surface area contributed by atoms with E-state index in [2.05, 4.69) is 16.7 Å². The molecular formula is C36H33N2O5+. The molecule has 2 unspecified atom stereocenters. The van der Waals surface area contributed by atoms with Gasteiger partial charge in [-0.25, -0.2) is 13.9 Å². The first kappa shape index (κ1) is 28.0. The van der Waals surface area contributed by atoms with Crippen molar-refractivity contribution in [1.82, 2.24) is 4.57 Å². The Morgan fingerprint density at radius 1 is 0.860 bits per heavy atom. The molecule has 0 radical (unpaired) electrons. The predicted octanol–water partition coefficient (Wildman–Crippen LogP) is 6.57. The van der Waals surface area contributed by atoms with Crippen molar-refractivity contribution in [3.63, 3.8) is 0 Å². The minimum absolute atomic E-state index is 0.107. The van der Waals surface area contributed by atoms with Crippen LogP contribution in [0.5, 0.6) is 0 Å². The van der Waals surface area contributed by atoms with Crippen molar-refractivity contribution in [3.05, 3.63) is 149 Å². The fraction of sp³-hybridized carbons (Fsp3) is 0.194. The van der Waals surface area contributed by atoms with E-state index in [9.17, 15) is 14.7 Å². The number of para-hydroxylation sites is 2. The van der Waals surface area contributed by atoms with Crippen LogP contribution in [0.3, 0.4) is 0 Å². The van der Waals surface area contributed by atoms with E-state index in [0.29, 0.717) is 17.7 Å². The summed E-state index contributed by atoms with van der Waals surface area (Å²) in [7, 11) is 0. The molecule has 0 spiro atoms. The summed E-state index contributed by atoms with van der Waals surface area (Å²) in [6.45, 7) is 5.65. The average Bonchev–Trinajstić information content (AvgIpc) is 3.34. The van der Waals surface area contributed by atoms with Crippen molar-refractivity contribution in [2.24, 2.45) is 0 Å². The number of carbonyl (C=O) groups excluding carboxylic acids is 2. The fourth-order valence-corrected chi connectivity index (χ4v) is 5.75. The Bertz CT molecular complexity index is 1820.